The number of benzene rings is 2. The van der Waals surface area contributed by atoms with E-state index in [-0.39, 0.29) is 0 Å². The standard InChI is InChI=1S/C17H17ClN2O/c1-3-12-4-6-13(7-5-12)20-16-10-14(21-2)8-9-15(16)19-17(20)11-18/h4-10H,3,11H2,1-2H3. The molecule has 0 radical (unpaired) electrons. The second-order valence-corrected chi connectivity index (χ2v) is 5.14. The van der Waals surface area contributed by atoms with Crippen molar-refractivity contribution in [1.82, 2.24) is 9.55 Å². The average molecular weight is 301 g/mol. The molecule has 0 spiro atoms. The fourth-order valence-electron chi connectivity index (χ4n) is 2.49. The van der Waals surface area contributed by atoms with Gasteiger partial charge in [0, 0.05) is 11.8 Å². The van der Waals surface area contributed by atoms with Crippen molar-refractivity contribution in [2.24, 2.45) is 0 Å². The van der Waals surface area contributed by atoms with Gasteiger partial charge >= 0.3 is 0 Å². The summed E-state index contributed by atoms with van der Waals surface area (Å²) in [6, 6.07) is 14.4. The minimum absolute atomic E-state index is 0.368. The molecule has 0 aliphatic rings. The molecule has 0 fully saturated rings. The Morgan fingerprint density at radius 2 is 1.90 bits per heavy atom. The Balaban J connectivity index is 2.22. The third-order valence-corrected chi connectivity index (χ3v) is 3.89. The van der Waals surface area contributed by atoms with E-state index in [1.165, 1.54) is 5.56 Å². The molecule has 1 aromatic heterocycles. The van der Waals surface area contributed by atoms with Gasteiger partial charge in [-0.1, -0.05) is 19.1 Å². The fraction of sp³-hybridized carbons (Fsp3) is 0.235. The van der Waals surface area contributed by atoms with Gasteiger partial charge in [-0.15, -0.1) is 11.6 Å². The van der Waals surface area contributed by atoms with Crippen LogP contribution in [0, 0.1) is 0 Å². The molecule has 1 heterocycles. The molecule has 108 valence electrons. The molecule has 0 unspecified atom stereocenters. The normalized spacial score (nSPS) is 11.0. The summed E-state index contributed by atoms with van der Waals surface area (Å²) >= 11 is 6.07. The van der Waals surface area contributed by atoms with Gasteiger partial charge in [-0.2, -0.15) is 0 Å². The second kappa shape index (κ2) is 5.78. The SMILES string of the molecule is CCc1ccc(-n2c(CCl)nc3ccc(OC)cc32)cc1. The van der Waals surface area contributed by atoms with Gasteiger partial charge in [-0.25, -0.2) is 4.98 Å². The predicted octanol–water partition coefficient (Wildman–Crippen LogP) is 4.34. The quantitative estimate of drug-likeness (QED) is 0.670. The molecule has 0 saturated carbocycles. The summed E-state index contributed by atoms with van der Waals surface area (Å²) in [5.74, 6) is 2.02. The van der Waals surface area contributed by atoms with E-state index in [0.29, 0.717) is 5.88 Å². The maximum atomic E-state index is 6.07. The molecule has 0 saturated heterocycles. The Morgan fingerprint density at radius 1 is 1.14 bits per heavy atom. The predicted molar refractivity (Wildman–Crippen MR) is 86.6 cm³/mol. The Kier molecular flexibility index (Phi) is 3.84. The van der Waals surface area contributed by atoms with Crippen LogP contribution >= 0.6 is 11.6 Å². The number of imidazole rings is 1. The van der Waals surface area contributed by atoms with Crippen LogP contribution in [0.5, 0.6) is 5.75 Å². The lowest BCUT2D eigenvalue weighted by atomic mass is 10.1. The monoisotopic (exact) mass is 300 g/mol. The van der Waals surface area contributed by atoms with Crippen LogP contribution in [-0.2, 0) is 12.3 Å². The van der Waals surface area contributed by atoms with Crippen LogP contribution in [0.3, 0.4) is 0 Å². The second-order valence-electron chi connectivity index (χ2n) is 4.87. The largest absolute Gasteiger partial charge is 0.497 e. The Labute approximate surface area is 129 Å². The number of alkyl halides is 1. The molecular formula is C17H17ClN2O. The fourth-order valence-corrected chi connectivity index (χ4v) is 2.67. The van der Waals surface area contributed by atoms with Crippen molar-refractivity contribution in [1.29, 1.82) is 0 Å². The van der Waals surface area contributed by atoms with E-state index in [9.17, 15) is 0 Å². The van der Waals surface area contributed by atoms with Gasteiger partial charge in [0.1, 0.15) is 11.6 Å². The average Bonchev–Trinajstić information content (AvgIpc) is 2.92. The number of ether oxygens (including phenoxy) is 1. The first kappa shape index (κ1) is 14.0. The number of nitrogens with zero attached hydrogens (tertiary/aromatic N) is 2. The highest BCUT2D eigenvalue weighted by molar-refractivity contribution is 6.17. The van der Waals surface area contributed by atoms with Gasteiger partial charge in [0.15, 0.2) is 0 Å². The van der Waals surface area contributed by atoms with E-state index in [0.717, 1.165) is 34.7 Å². The van der Waals surface area contributed by atoms with Gasteiger partial charge in [0.25, 0.3) is 0 Å². The highest BCUT2D eigenvalue weighted by Gasteiger charge is 2.12. The summed E-state index contributed by atoms with van der Waals surface area (Å²) in [4.78, 5) is 4.60. The van der Waals surface area contributed by atoms with E-state index in [4.69, 9.17) is 16.3 Å². The number of aryl methyl sites for hydroxylation is 1. The van der Waals surface area contributed by atoms with Crippen LogP contribution in [0.4, 0.5) is 0 Å². The van der Waals surface area contributed by atoms with Gasteiger partial charge in [-0.3, -0.25) is 4.57 Å². The smallest absolute Gasteiger partial charge is 0.129 e. The molecule has 3 rings (SSSR count). The highest BCUT2D eigenvalue weighted by atomic mass is 35.5. The third kappa shape index (κ3) is 2.49. The summed E-state index contributed by atoms with van der Waals surface area (Å²) in [5.41, 5.74) is 4.31. The van der Waals surface area contributed by atoms with Gasteiger partial charge in [0.2, 0.25) is 0 Å². The maximum absolute atomic E-state index is 6.07. The molecule has 3 nitrogen and oxygen atoms in total. The lowest BCUT2D eigenvalue weighted by Crippen LogP contribution is -1.99. The van der Waals surface area contributed by atoms with Gasteiger partial charge in [0.05, 0.1) is 24.0 Å². The molecule has 0 N–H and O–H groups in total. The third-order valence-electron chi connectivity index (χ3n) is 3.65. The zero-order valence-electron chi connectivity index (χ0n) is 12.1. The number of methoxy groups -OCH3 is 1. The molecule has 0 atom stereocenters. The summed E-state index contributed by atoms with van der Waals surface area (Å²) in [6.45, 7) is 2.15. The molecule has 4 heteroatoms. The van der Waals surface area contributed by atoms with E-state index < -0.39 is 0 Å². The molecular weight excluding hydrogens is 284 g/mol. The van der Waals surface area contributed by atoms with Crippen molar-refractivity contribution in [3.8, 4) is 11.4 Å². The summed E-state index contributed by atoms with van der Waals surface area (Å²) in [5, 5.41) is 0. The molecule has 2 aromatic carbocycles. The van der Waals surface area contributed by atoms with Crippen molar-refractivity contribution < 1.29 is 4.74 Å². The number of rotatable bonds is 4. The number of halogens is 1. The minimum atomic E-state index is 0.368. The minimum Gasteiger partial charge on any atom is -0.497 e. The maximum Gasteiger partial charge on any atom is 0.129 e. The van der Waals surface area contributed by atoms with Crippen molar-refractivity contribution >= 4 is 22.6 Å². The molecule has 3 aromatic rings. The van der Waals surface area contributed by atoms with Crippen LogP contribution in [0.25, 0.3) is 16.7 Å². The van der Waals surface area contributed by atoms with E-state index in [1.54, 1.807) is 7.11 Å². The number of aromatic nitrogens is 2. The zero-order valence-corrected chi connectivity index (χ0v) is 12.9. The number of fused-ring (bicyclic) bond motifs is 1. The highest BCUT2D eigenvalue weighted by Crippen LogP contribution is 2.26. The first-order chi connectivity index (χ1) is 10.3. The first-order valence-corrected chi connectivity index (χ1v) is 7.51. The van der Waals surface area contributed by atoms with E-state index >= 15 is 0 Å². The van der Waals surface area contributed by atoms with Crippen molar-refractivity contribution in [2.45, 2.75) is 19.2 Å². The summed E-state index contributed by atoms with van der Waals surface area (Å²) in [6.07, 6.45) is 1.03. The Hall–Kier alpha value is -2.00. The van der Waals surface area contributed by atoms with Gasteiger partial charge in [-0.05, 0) is 36.2 Å². The molecule has 0 aliphatic heterocycles. The van der Waals surface area contributed by atoms with Crippen molar-refractivity contribution in [3.63, 3.8) is 0 Å². The van der Waals surface area contributed by atoms with Gasteiger partial charge < -0.3 is 4.74 Å². The topological polar surface area (TPSA) is 27.1 Å². The molecule has 0 amide bonds. The van der Waals surface area contributed by atoms with Crippen LogP contribution in [-0.4, -0.2) is 16.7 Å². The molecule has 0 bridgehead atoms. The zero-order chi connectivity index (χ0) is 14.8. The van der Waals surface area contributed by atoms with Crippen molar-refractivity contribution in [3.05, 3.63) is 53.9 Å². The van der Waals surface area contributed by atoms with Crippen LogP contribution < -0.4 is 4.74 Å². The Bertz CT molecular complexity index is 762. The van der Waals surface area contributed by atoms with E-state index in [2.05, 4.69) is 40.7 Å². The number of hydrogen-bond acceptors (Lipinski definition) is 2. The molecule has 0 aliphatic carbocycles. The van der Waals surface area contributed by atoms with Crippen LogP contribution in [0.15, 0.2) is 42.5 Å². The van der Waals surface area contributed by atoms with Crippen LogP contribution in [0.2, 0.25) is 0 Å². The summed E-state index contributed by atoms with van der Waals surface area (Å²) in [7, 11) is 1.67. The lowest BCUT2D eigenvalue weighted by molar-refractivity contribution is 0.415. The lowest BCUT2D eigenvalue weighted by Gasteiger charge is -2.09. The van der Waals surface area contributed by atoms with E-state index in [1.807, 2.05) is 18.2 Å². The van der Waals surface area contributed by atoms with Crippen molar-refractivity contribution in [2.75, 3.05) is 7.11 Å². The summed E-state index contributed by atoms with van der Waals surface area (Å²) < 4.78 is 7.41. The number of hydrogen-bond donors (Lipinski definition) is 0. The molecule has 21 heavy (non-hydrogen) atoms. The Morgan fingerprint density at radius 3 is 2.52 bits per heavy atom. The first-order valence-electron chi connectivity index (χ1n) is 6.97. The van der Waals surface area contributed by atoms with Crippen LogP contribution in [0.1, 0.15) is 18.3 Å².